The van der Waals surface area contributed by atoms with Crippen LogP contribution in [0.5, 0.6) is 0 Å². The fourth-order valence-corrected chi connectivity index (χ4v) is 1.45. The molecule has 1 aliphatic carbocycles. The topological polar surface area (TPSA) is 20.2 Å². The minimum Gasteiger partial charge on any atom is -0.362 e. The van der Waals surface area contributed by atoms with Gasteiger partial charge in [-0.15, -0.1) is 0 Å². The van der Waals surface area contributed by atoms with E-state index < -0.39 is 5.85 Å². The summed E-state index contributed by atoms with van der Waals surface area (Å²) >= 11 is 0. The Kier molecular flexibility index (Phi) is 1.75. The first kappa shape index (κ1) is 7.00. The van der Waals surface area contributed by atoms with E-state index >= 15 is 0 Å². The summed E-state index contributed by atoms with van der Waals surface area (Å²) in [6, 6.07) is 0. The lowest BCUT2D eigenvalue weighted by atomic mass is 10.0. The van der Waals surface area contributed by atoms with E-state index in [2.05, 4.69) is 0 Å². The van der Waals surface area contributed by atoms with Crippen LogP contribution in [0.15, 0.2) is 0 Å². The SMILES string of the molecule is C[C@](O)(F)C1CCCC1. The van der Waals surface area contributed by atoms with Crippen molar-refractivity contribution in [3.63, 3.8) is 0 Å². The van der Waals surface area contributed by atoms with Crippen LogP contribution in [-0.4, -0.2) is 11.0 Å². The Balaban J connectivity index is 2.42. The Morgan fingerprint density at radius 1 is 1.44 bits per heavy atom. The molecule has 1 fully saturated rings. The van der Waals surface area contributed by atoms with Crippen molar-refractivity contribution in [2.45, 2.75) is 38.5 Å². The Morgan fingerprint density at radius 2 is 1.89 bits per heavy atom. The zero-order chi connectivity index (χ0) is 6.91. The van der Waals surface area contributed by atoms with Gasteiger partial charge in [-0.1, -0.05) is 12.8 Å². The highest BCUT2D eigenvalue weighted by Crippen LogP contribution is 2.34. The van der Waals surface area contributed by atoms with E-state index in [4.69, 9.17) is 5.11 Å². The maximum Gasteiger partial charge on any atom is 0.206 e. The van der Waals surface area contributed by atoms with Crippen LogP contribution in [0.25, 0.3) is 0 Å². The average Bonchev–Trinajstić information content (AvgIpc) is 2.08. The molecule has 0 heterocycles. The molecule has 0 spiro atoms. The highest BCUT2D eigenvalue weighted by molar-refractivity contribution is 4.76. The van der Waals surface area contributed by atoms with Gasteiger partial charge < -0.3 is 5.11 Å². The zero-order valence-corrected chi connectivity index (χ0v) is 5.73. The van der Waals surface area contributed by atoms with Crippen molar-refractivity contribution in [2.24, 2.45) is 5.92 Å². The van der Waals surface area contributed by atoms with Crippen molar-refractivity contribution < 1.29 is 9.50 Å². The number of hydrogen-bond donors (Lipinski definition) is 1. The third-order valence-electron chi connectivity index (χ3n) is 2.10. The van der Waals surface area contributed by atoms with E-state index in [1.54, 1.807) is 0 Å². The summed E-state index contributed by atoms with van der Waals surface area (Å²) in [5.74, 6) is -2.02. The zero-order valence-electron chi connectivity index (χ0n) is 5.73. The van der Waals surface area contributed by atoms with Crippen molar-refractivity contribution in [3.05, 3.63) is 0 Å². The van der Waals surface area contributed by atoms with Gasteiger partial charge in [-0.25, -0.2) is 4.39 Å². The summed E-state index contributed by atoms with van der Waals surface area (Å²) < 4.78 is 12.6. The highest BCUT2D eigenvalue weighted by atomic mass is 19.2. The largest absolute Gasteiger partial charge is 0.362 e. The molecule has 1 N–H and O–H groups in total. The van der Waals surface area contributed by atoms with Gasteiger partial charge in [0.1, 0.15) is 0 Å². The van der Waals surface area contributed by atoms with Gasteiger partial charge in [0.05, 0.1) is 0 Å². The molecule has 0 aromatic heterocycles. The Hall–Kier alpha value is -0.110. The van der Waals surface area contributed by atoms with E-state index in [0.29, 0.717) is 0 Å². The number of aliphatic hydroxyl groups is 1. The average molecular weight is 132 g/mol. The quantitative estimate of drug-likeness (QED) is 0.577. The maximum absolute atomic E-state index is 12.6. The molecule has 0 unspecified atom stereocenters. The first-order valence-electron chi connectivity index (χ1n) is 3.52. The van der Waals surface area contributed by atoms with Crippen LogP contribution in [0.3, 0.4) is 0 Å². The van der Waals surface area contributed by atoms with Gasteiger partial charge in [-0.2, -0.15) is 0 Å². The summed E-state index contributed by atoms with van der Waals surface area (Å²) in [6.07, 6.45) is 3.85. The molecule has 0 aromatic carbocycles. The molecule has 0 aliphatic heterocycles. The molecular formula is C7H13FO. The van der Waals surface area contributed by atoms with Gasteiger partial charge in [-0.05, 0) is 19.8 Å². The van der Waals surface area contributed by atoms with Gasteiger partial charge in [0.2, 0.25) is 5.85 Å². The molecular weight excluding hydrogens is 119 g/mol. The van der Waals surface area contributed by atoms with Crippen molar-refractivity contribution in [1.29, 1.82) is 0 Å². The molecule has 1 rings (SSSR count). The molecule has 54 valence electrons. The second-order valence-corrected chi connectivity index (χ2v) is 3.01. The van der Waals surface area contributed by atoms with Gasteiger partial charge in [0, 0.05) is 5.92 Å². The molecule has 9 heavy (non-hydrogen) atoms. The number of rotatable bonds is 1. The van der Waals surface area contributed by atoms with Crippen LogP contribution in [0.1, 0.15) is 32.6 Å². The summed E-state index contributed by atoms with van der Waals surface area (Å²) in [5, 5.41) is 8.85. The lowest BCUT2D eigenvalue weighted by Gasteiger charge is -2.19. The molecule has 1 saturated carbocycles. The Bertz CT molecular complexity index is 89.6. The molecule has 0 aromatic rings. The molecule has 2 heteroatoms. The first-order valence-corrected chi connectivity index (χ1v) is 3.52. The van der Waals surface area contributed by atoms with Gasteiger partial charge in [-0.3, -0.25) is 0 Å². The number of alkyl halides is 1. The van der Waals surface area contributed by atoms with Gasteiger partial charge >= 0.3 is 0 Å². The Morgan fingerprint density at radius 3 is 2.11 bits per heavy atom. The van der Waals surface area contributed by atoms with E-state index in [-0.39, 0.29) is 5.92 Å². The standard InChI is InChI=1S/C7H13FO/c1-7(8,9)6-4-2-3-5-6/h6,9H,2-5H2,1H3/t7-/m1/s1. The molecule has 1 nitrogen and oxygen atoms in total. The number of hydrogen-bond acceptors (Lipinski definition) is 1. The fourth-order valence-electron chi connectivity index (χ4n) is 1.45. The van der Waals surface area contributed by atoms with Crippen LogP contribution in [-0.2, 0) is 0 Å². The monoisotopic (exact) mass is 132 g/mol. The Labute approximate surface area is 54.9 Å². The molecule has 1 aliphatic rings. The minimum absolute atomic E-state index is 0.0995. The molecule has 0 amide bonds. The summed E-state index contributed by atoms with van der Waals surface area (Å²) in [4.78, 5) is 0. The van der Waals surface area contributed by atoms with E-state index in [1.807, 2.05) is 0 Å². The minimum atomic E-state index is -1.92. The summed E-state index contributed by atoms with van der Waals surface area (Å²) in [6.45, 7) is 1.25. The summed E-state index contributed by atoms with van der Waals surface area (Å²) in [7, 11) is 0. The second-order valence-electron chi connectivity index (χ2n) is 3.01. The fraction of sp³-hybridized carbons (Fsp3) is 1.00. The second kappa shape index (κ2) is 2.25. The summed E-state index contributed by atoms with van der Waals surface area (Å²) in [5.41, 5.74) is 0. The molecule has 1 atom stereocenters. The third-order valence-corrected chi connectivity index (χ3v) is 2.10. The maximum atomic E-state index is 12.6. The van der Waals surface area contributed by atoms with Crippen molar-refractivity contribution >= 4 is 0 Å². The third kappa shape index (κ3) is 1.65. The van der Waals surface area contributed by atoms with E-state index in [1.165, 1.54) is 6.92 Å². The predicted molar refractivity (Wildman–Crippen MR) is 33.7 cm³/mol. The normalized spacial score (nSPS) is 28.3. The van der Waals surface area contributed by atoms with Crippen molar-refractivity contribution in [2.75, 3.05) is 0 Å². The van der Waals surface area contributed by atoms with Crippen LogP contribution >= 0.6 is 0 Å². The lowest BCUT2D eigenvalue weighted by molar-refractivity contribution is -0.116. The van der Waals surface area contributed by atoms with Crippen LogP contribution < -0.4 is 0 Å². The highest BCUT2D eigenvalue weighted by Gasteiger charge is 2.33. The van der Waals surface area contributed by atoms with Crippen LogP contribution in [0.2, 0.25) is 0 Å². The smallest absolute Gasteiger partial charge is 0.206 e. The van der Waals surface area contributed by atoms with E-state index in [9.17, 15) is 4.39 Å². The van der Waals surface area contributed by atoms with Gasteiger partial charge in [0.15, 0.2) is 0 Å². The van der Waals surface area contributed by atoms with Crippen LogP contribution in [0, 0.1) is 5.92 Å². The first-order chi connectivity index (χ1) is 4.11. The van der Waals surface area contributed by atoms with E-state index in [0.717, 1.165) is 25.7 Å². The van der Waals surface area contributed by atoms with Crippen molar-refractivity contribution in [1.82, 2.24) is 0 Å². The van der Waals surface area contributed by atoms with Gasteiger partial charge in [0.25, 0.3) is 0 Å². The predicted octanol–water partition coefficient (Wildman–Crippen LogP) is 1.85. The molecule has 0 radical (unpaired) electrons. The van der Waals surface area contributed by atoms with Crippen molar-refractivity contribution in [3.8, 4) is 0 Å². The van der Waals surface area contributed by atoms with Crippen LogP contribution in [0.4, 0.5) is 4.39 Å². The number of halogens is 1. The molecule has 0 bridgehead atoms. The lowest BCUT2D eigenvalue weighted by Crippen LogP contribution is -2.26. The molecule has 0 saturated heterocycles.